The second kappa shape index (κ2) is 13.1. The Morgan fingerprint density at radius 2 is 1.64 bits per heavy atom. The van der Waals surface area contributed by atoms with Crippen molar-refractivity contribution in [2.75, 3.05) is 20.3 Å². The fourth-order valence-corrected chi connectivity index (χ4v) is 3.55. The molecule has 3 aromatic carbocycles. The van der Waals surface area contributed by atoms with Crippen molar-refractivity contribution in [3.8, 4) is 28.7 Å². The molecule has 0 fully saturated rings. The molecule has 0 spiro atoms. The second-order valence-electron chi connectivity index (χ2n) is 7.53. The summed E-state index contributed by atoms with van der Waals surface area (Å²) in [6.07, 6.45) is 1.32. The van der Waals surface area contributed by atoms with Crippen LogP contribution in [0.4, 0.5) is 11.4 Å². The number of hydrogen-bond acceptors (Lipinski definition) is 10. The smallest absolute Gasteiger partial charge is 0.318 e. The summed E-state index contributed by atoms with van der Waals surface area (Å²) in [7, 11) is 1.46. The first-order valence-electron chi connectivity index (χ1n) is 11.4. The number of carbonyl (C=O) groups excluding carboxylic acids is 1. The maximum atomic E-state index is 12.5. The molecule has 0 aliphatic heterocycles. The summed E-state index contributed by atoms with van der Waals surface area (Å²) >= 11 is 6.39. The van der Waals surface area contributed by atoms with Crippen LogP contribution in [0.15, 0.2) is 53.6 Å². The van der Waals surface area contributed by atoms with E-state index in [1.807, 2.05) is 6.92 Å². The number of nitrogens with one attached hydrogen (secondary N) is 1. The minimum Gasteiger partial charge on any atom is -0.493 e. The van der Waals surface area contributed by atoms with Crippen molar-refractivity contribution in [1.82, 2.24) is 5.43 Å². The van der Waals surface area contributed by atoms with E-state index in [2.05, 4.69) is 10.5 Å². The Morgan fingerprint density at radius 1 is 0.949 bits per heavy atom. The van der Waals surface area contributed by atoms with E-state index in [9.17, 15) is 25.0 Å². The van der Waals surface area contributed by atoms with E-state index >= 15 is 0 Å². The van der Waals surface area contributed by atoms with E-state index in [1.165, 1.54) is 31.5 Å². The summed E-state index contributed by atoms with van der Waals surface area (Å²) in [5.74, 6) is 0.201. The van der Waals surface area contributed by atoms with Crippen molar-refractivity contribution >= 4 is 35.1 Å². The van der Waals surface area contributed by atoms with Gasteiger partial charge in [0.05, 0.1) is 47.5 Å². The number of hydrogen-bond donors (Lipinski definition) is 1. The van der Waals surface area contributed by atoms with Gasteiger partial charge in [0.1, 0.15) is 0 Å². The predicted molar refractivity (Wildman–Crippen MR) is 142 cm³/mol. The molecular formula is C25H23ClN4O9. The number of halogens is 1. The third-order valence-electron chi connectivity index (χ3n) is 5.00. The molecular weight excluding hydrogens is 536 g/mol. The molecule has 0 aliphatic rings. The van der Waals surface area contributed by atoms with Crippen molar-refractivity contribution in [3.63, 3.8) is 0 Å². The molecule has 204 valence electrons. The zero-order valence-electron chi connectivity index (χ0n) is 21.0. The van der Waals surface area contributed by atoms with Crippen LogP contribution in [0.2, 0.25) is 5.02 Å². The summed E-state index contributed by atoms with van der Waals surface area (Å²) < 4.78 is 21.9. The number of non-ortho nitro benzene ring substituents is 1. The highest BCUT2D eigenvalue weighted by atomic mass is 35.5. The van der Waals surface area contributed by atoms with Crippen molar-refractivity contribution in [1.29, 1.82) is 0 Å². The lowest BCUT2D eigenvalue weighted by molar-refractivity contribution is -0.394. The number of nitrogens with zero attached hydrogens (tertiary/aromatic N) is 3. The van der Waals surface area contributed by atoms with Crippen molar-refractivity contribution in [2.45, 2.75) is 13.8 Å². The minimum absolute atomic E-state index is 0.0117. The third kappa shape index (κ3) is 7.11. The van der Waals surface area contributed by atoms with Crippen LogP contribution in [0, 0.1) is 20.2 Å². The van der Waals surface area contributed by atoms with Crippen LogP contribution < -0.4 is 24.4 Å². The maximum Gasteiger partial charge on any atom is 0.318 e. The fourth-order valence-electron chi connectivity index (χ4n) is 3.30. The molecule has 39 heavy (non-hydrogen) atoms. The Kier molecular flexibility index (Phi) is 9.59. The summed E-state index contributed by atoms with van der Waals surface area (Å²) in [5.41, 5.74) is 2.01. The normalized spacial score (nSPS) is 10.7. The molecule has 3 aromatic rings. The molecule has 0 atom stereocenters. The van der Waals surface area contributed by atoms with E-state index in [0.29, 0.717) is 23.7 Å². The zero-order chi connectivity index (χ0) is 28.5. The van der Waals surface area contributed by atoms with Gasteiger partial charge in [0.2, 0.25) is 5.75 Å². The monoisotopic (exact) mass is 558 g/mol. The van der Waals surface area contributed by atoms with Crippen LogP contribution >= 0.6 is 11.6 Å². The Balaban J connectivity index is 1.83. The zero-order valence-corrected chi connectivity index (χ0v) is 21.8. The molecule has 0 aliphatic carbocycles. The van der Waals surface area contributed by atoms with Crippen LogP contribution in [0.3, 0.4) is 0 Å². The summed E-state index contributed by atoms with van der Waals surface area (Å²) in [4.78, 5) is 33.4. The number of rotatable bonds is 12. The Morgan fingerprint density at radius 3 is 2.28 bits per heavy atom. The number of hydrazone groups is 1. The van der Waals surface area contributed by atoms with Gasteiger partial charge in [-0.25, -0.2) is 5.43 Å². The standard InChI is InChI=1S/C25H23ClN4O9/c1-4-37-21-8-6-16(12-22(21)36-3)25(31)28-27-14-15-10-18(26)24(23(11-15)38-5-2)39-20-9-7-17(29(32)33)13-19(20)30(34)35/h6-14H,4-5H2,1-3H3,(H,28,31)/b27-14+. The minimum atomic E-state index is -0.805. The van der Waals surface area contributed by atoms with Gasteiger partial charge in [0.25, 0.3) is 11.6 Å². The van der Waals surface area contributed by atoms with Crippen molar-refractivity contribution in [2.24, 2.45) is 5.10 Å². The summed E-state index contributed by atoms with van der Waals surface area (Å²) in [6.45, 7) is 4.17. The molecule has 3 rings (SSSR count). The average molecular weight is 559 g/mol. The Labute approximate surface area is 227 Å². The first-order chi connectivity index (χ1) is 18.7. The van der Waals surface area contributed by atoms with E-state index in [1.54, 1.807) is 19.1 Å². The van der Waals surface area contributed by atoms with Gasteiger partial charge >= 0.3 is 5.69 Å². The number of ether oxygens (including phenoxy) is 4. The predicted octanol–water partition coefficient (Wildman–Crippen LogP) is 5.52. The molecule has 0 radical (unpaired) electrons. The van der Waals surface area contributed by atoms with Gasteiger partial charge in [-0.3, -0.25) is 25.0 Å². The quantitative estimate of drug-likeness (QED) is 0.171. The highest BCUT2D eigenvalue weighted by Crippen LogP contribution is 2.42. The topological polar surface area (TPSA) is 165 Å². The highest BCUT2D eigenvalue weighted by Gasteiger charge is 2.23. The Hall–Kier alpha value is -4.91. The van der Waals surface area contributed by atoms with Gasteiger partial charge in [-0.1, -0.05) is 11.6 Å². The average Bonchev–Trinajstić information content (AvgIpc) is 2.91. The van der Waals surface area contributed by atoms with Crippen LogP contribution in [0.25, 0.3) is 0 Å². The van der Waals surface area contributed by atoms with Crippen molar-refractivity contribution in [3.05, 3.63) is 84.9 Å². The van der Waals surface area contributed by atoms with Gasteiger partial charge in [0.15, 0.2) is 23.0 Å². The largest absolute Gasteiger partial charge is 0.493 e. The molecule has 0 saturated heterocycles. The van der Waals surface area contributed by atoms with Crippen LogP contribution in [0.5, 0.6) is 28.7 Å². The van der Waals surface area contributed by atoms with E-state index < -0.39 is 27.1 Å². The van der Waals surface area contributed by atoms with Gasteiger partial charge in [-0.15, -0.1) is 0 Å². The molecule has 14 heteroatoms. The van der Waals surface area contributed by atoms with E-state index in [4.69, 9.17) is 30.5 Å². The number of methoxy groups -OCH3 is 1. The number of benzene rings is 3. The molecule has 1 amide bonds. The molecule has 0 saturated carbocycles. The number of carbonyl (C=O) groups is 1. The molecule has 0 unspecified atom stereocenters. The lowest BCUT2D eigenvalue weighted by Crippen LogP contribution is -2.17. The Bertz CT molecular complexity index is 1430. The summed E-state index contributed by atoms with van der Waals surface area (Å²) in [5, 5.41) is 26.4. The lowest BCUT2D eigenvalue weighted by Gasteiger charge is -2.14. The number of nitro groups is 2. The molecule has 0 aromatic heterocycles. The van der Waals surface area contributed by atoms with Crippen LogP contribution in [-0.4, -0.2) is 42.3 Å². The van der Waals surface area contributed by atoms with E-state index in [-0.39, 0.29) is 34.4 Å². The molecule has 1 N–H and O–H groups in total. The first-order valence-corrected chi connectivity index (χ1v) is 11.8. The van der Waals surface area contributed by atoms with Gasteiger partial charge in [0, 0.05) is 11.6 Å². The third-order valence-corrected chi connectivity index (χ3v) is 5.28. The van der Waals surface area contributed by atoms with Crippen molar-refractivity contribution < 1.29 is 33.6 Å². The highest BCUT2D eigenvalue weighted by molar-refractivity contribution is 6.32. The second-order valence-corrected chi connectivity index (χ2v) is 7.94. The molecule has 0 heterocycles. The number of amides is 1. The lowest BCUT2D eigenvalue weighted by atomic mass is 10.2. The molecule has 0 bridgehead atoms. The van der Waals surface area contributed by atoms with Crippen LogP contribution in [0.1, 0.15) is 29.8 Å². The van der Waals surface area contributed by atoms with Gasteiger partial charge in [-0.2, -0.15) is 5.10 Å². The van der Waals surface area contributed by atoms with Gasteiger partial charge < -0.3 is 18.9 Å². The van der Waals surface area contributed by atoms with Crippen LogP contribution in [-0.2, 0) is 0 Å². The fraction of sp³-hybridized carbons (Fsp3) is 0.200. The first kappa shape index (κ1) is 28.7. The SMILES string of the molecule is CCOc1ccc(C(=O)N/N=C/c2cc(Cl)c(Oc3ccc([N+](=O)[O-])cc3[N+](=O)[O-])c(OCC)c2)cc1OC. The number of nitro benzene ring substituents is 2. The van der Waals surface area contributed by atoms with Gasteiger partial charge in [-0.05, 0) is 55.8 Å². The summed E-state index contributed by atoms with van der Waals surface area (Å²) in [6, 6.07) is 10.6. The molecule has 13 nitrogen and oxygen atoms in total. The van der Waals surface area contributed by atoms with E-state index in [0.717, 1.165) is 18.2 Å². The maximum absolute atomic E-state index is 12.5.